The van der Waals surface area contributed by atoms with Gasteiger partial charge in [-0.05, 0) is 45.9 Å². The number of carbonyl (C=O) groups is 1. The maximum absolute atomic E-state index is 11.8. The maximum atomic E-state index is 11.8. The lowest BCUT2D eigenvalue weighted by Crippen LogP contribution is -1.93. The lowest BCUT2D eigenvalue weighted by atomic mass is 10.2. The van der Waals surface area contributed by atoms with Gasteiger partial charge in [0, 0.05) is 11.1 Å². The zero-order chi connectivity index (χ0) is 12.4. The number of rotatable bonds is 4. The largest absolute Gasteiger partial charge is 0.496 e. The van der Waals surface area contributed by atoms with E-state index in [1.807, 2.05) is 25.1 Å². The second-order valence-electron chi connectivity index (χ2n) is 3.81. The van der Waals surface area contributed by atoms with Crippen LogP contribution in [0.5, 0.6) is 5.75 Å². The molecule has 0 saturated carbocycles. The Bertz CT molecular complexity index is 560. The Morgan fingerprint density at radius 2 is 2.18 bits per heavy atom. The Hall–Kier alpha value is -0.870. The summed E-state index contributed by atoms with van der Waals surface area (Å²) in [5, 5.41) is 1.09. The first kappa shape index (κ1) is 12.6. The third kappa shape index (κ3) is 2.53. The highest BCUT2D eigenvalue weighted by atomic mass is 79.9. The molecule has 2 nitrogen and oxygen atoms in total. The van der Waals surface area contributed by atoms with Gasteiger partial charge >= 0.3 is 0 Å². The van der Waals surface area contributed by atoms with E-state index >= 15 is 0 Å². The molecule has 0 N–H and O–H groups in total. The Balaban J connectivity index is 2.47. The number of Topliss-reactive ketones (excluding diaryl/α,β-unsaturated/α-hetero) is 1. The Labute approximate surface area is 113 Å². The Morgan fingerprint density at radius 3 is 2.82 bits per heavy atom. The van der Waals surface area contributed by atoms with Crippen molar-refractivity contribution >= 4 is 43.1 Å². The third-order valence-electron chi connectivity index (χ3n) is 2.54. The van der Waals surface area contributed by atoms with Gasteiger partial charge in [0.2, 0.25) is 0 Å². The number of carbonyl (C=O) groups excluding carboxylic acids is 1. The smallest absolute Gasteiger partial charge is 0.172 e. The Kier molecular flexibility index (Phi) is 3.84. The van der Waals surface area contributed by atoms with Crippen LogP contribution in [0.25, 0.3) is 10.1 Å². The van der Waals surface area contributed by atoms with Crippen LogP contribution in [0.3, 0.4) is 0 Å². The Morgan fingerprint density at radius 1 is 1.41 bits per heavy atom. The standard InChI is InChI=1S/C13H13BrO2S/c1-3-4-10(15)13-6-8-5-9(14)11(16-2)7-12(8)17-13/h5-7H,3-4H2,1-2H3. The summed E-state index contributed by atoms with van der Waals surface area (Å²) in [6.45, 7) is 2.02. The second kappa shape index (κ2) is 5.19. The minimum atomic E-state index is 0.226. The normalized spacial score (nSPS) is 10.8. The zero-order valence-electron chi connectivity index (χ0n) is 9.75. The molecule has 2 aromatic rings. The minimum absolute atomic E-state index is 0.226. The van der Waals surface area contributed by atoms with Gasteiger partial charge < -0.3 is 4.74 Å². The SMILES string of the molecule is CCCC(=O)c1cc2cc(Br)c(OC)cc2s1. The monoisotopic (exact) mass is 312 g/mol. The van der Waals surface area contributed by atoms with Gasteiger partial charge in [-0.2, -0.15) is 0 Å². The van der Waals surface area contributed by atoms with Crippen molar-refractivity contribution in [3.8, 4) is 5.75 Å². The van der Waals surface area contributed by atoms with Gasteiger partial charge in [-0.25, -0.2) is 0 Å². The summed E-state index contributed by atoms with van der Waals surface area (Å²) in [5.74, 6) is 1.03. The molecule has 0 aliphatic carbocycles. The van der Waals surface area contributed by atoms with Crippen LogP contribution in [-0.4, -0.2) is 12.9 Å². The molecule has 0 amide bonds. The molecule has 0 saturated heterocycles. The molecule has 0 radical (unpaired) electrons. The molecule has 4 heteroatoms. The number of ketones is 1. The molecule has 90 valence electrons. The van der Waals surface area contributed by atoms with Crippen molar-refractivity contribution in [1.82, 2.24) is 0 Å². The topological polar surface area (TPSA) is 26.3 Å². The van der Waals surface area contributed by atoms with Crippen molar-refractivity contribution in [2.45, 2.75) is 19.8 Å². The van der Waals surface area contributed by atoms with Crippen molar-refractivity contribution in [2.75, 3.05) is 7.11 Å². The van der Waals surface area contributed by atoms with Crippen LogP contribution < -0.4 is 4.74 Å². The highest BCUT2D eigenvalue weighted by Gasteiger charge is 2.11. The number of hydrogen-bond donors (Lipinski definition) is 0. The maximum Gasteiger partial charge on any atom is 0.172 e. The predicted molar refractivity (Wildman–Crippen MR) is 75.3 cm³/mol. The van der Waals surface area contributed by atoms with E-state index in [-0.39, 0.29) is 5.78 Å². The summed E-state index contributed by atoms with van der Waals surface area (Å²) < 4.78 is 7.25. The predicted octanol–water partition coefficient (Wildman–Crippen LogP) is 4.66. The van der Waals surface area contributed by atoms with Crippen molar-refractivity contribution in [3.63, 3.8) is 0 Å². The van der Waals surface area contributed by atoms with Crippen molar-refractivity contribution < 1.29 is 9.53 Å². The average molecular weight is 313 g/mol. The molecule has 0 aliphatic heterocycles. The summed E-state index contributed by atoms with van der Waals surface area (Å²) >= 11 is 4.98. The van der Waals surface area contributed by atoms with Gasteiger partial charge in [-0.1, -0.05) is 6.92 Å². The quantitative estimate of drug-likeness (QED) is 0.768. The number of ether oxygens (including phenoxy) is 1. The summed E-state index contributed by atoms with van der Waals surface area (Å²) in [5.41, 5.74) is 0. The number of thiophene rings is 1. The molecule has 0 atom stereocenters. The van der Waals surface area contributed by atoms with Gasteiger partial charge in [0.15, 0.2) is 5.78 Å². The first-order valence-corrected chi connectivity index (χ1v) is 7.07. The highest BCUT2D eigenvalue weighted by molar-refractivity contribution is 9.10. The first-order valence-electron chi connectivity index (χ1n) is 5.46. The van der Waals surface area contributed by atoms with E-state index in [1.54, 1.807) is 7.11 Å². The summed E-state index contributed by atoms with van der Waals surface area (Å²) in [6.07, 6.45) is 1.51. The van der Waals surface area contributed by atoms with Crippen LogP contribution in [0.15, 0.2) is 22.7 Å². The van der Waals surface area contributed by atoms with E-state index in [1.165, 1.54) is 11.3 Å². The van der Waals surface area contributed by atoms with Gasteiger partial charge in [0.25, 0.3) is 0 Å². The van der Waals surface area contributed by atoms with E-state index in [0.717, 1.165) is 31.6 Å². The minimum Gasteiger partial charge on any atom is -0.496 e. The van der Waals surface area contributed by atoms with Crippen molar-refractivity contribution in [1.29, 1.82) is 0 Å². The van der Waals surface area contributed by atoms with Gasteiger partial charge in [0.1, 0.15) is 5.75 Å². The molecule has 0 fully saturated rings. The van der Waals surface area contributed by atoms with Crippen LogP contribution in [-0.2, 0) is 0 Å². The van der Waals surface area contributed by atoms with E-state index in [2.05, 4.69) is 15.9 Å². The summed E-state index contributed by atoms with van der Waals surface area (Å²) in [6, 6.07) is 5.92. The zero-order valence-corrected chi connectivity index (χ0v) is 12.2. The van der Waals surface area contributed by atoms with E-state index in [9.17, 15) is 4.79 Å². The highest BCUT2D eigenvalue weighted by Crippen LogP contribution is 2.35. The number of fused-ring (bicyclic) bond motifs is 1. The third-order valence-corrected chi connectivity index (χ3v) is 4.30. The van der Waals surface area contributed by atoms with Crippen molar-refractivity contribution in [3.05, 3.63) is 27.5 Å². The molecule has 1 heterocycles. The lowest BCUT2D eigenvalue weighted by Gasteiger charge is -2.01. The molecule has 0 bridgehead atoms. The molecule has 1 aromatic heterocycles. The molecular formula is C13H13BrO2S. The number of hydrogen-bond acceptors (Lipinski definition) is 3. The number of halogens is 1. The van der Waals surface area contributed by atoms with Gasteiger partial charge in [-0.3, -0.25) is 4.79 Å². The molecule has 1 aromatic carbocycles. The molecule has 0 spiro atoms. The number of benzene rings is 1. The van der Waals surface area contributed by atoms with Gasteiger partial charge in [0.05, 0.1) is 16.5 Å². The van der Waals surface area contributed by atoms with E-state index in [4.69, 9.17) is 4.74 Å². The van der Waals surface area contributed by atoms with E-state index in [0.29, 0.717) is 6.42 Å². The van der Waals surface area contributed by atoms with Crippen LogP contribution in [0, 0.1) is 0 Å². The average Bonchev–Trinajstić information content (AvgIpc) is 2.71. The summed E-state index contributed by atoms with van der Waals surface area (Å²) in [7, 11) is 1.64. The fourth-order valence-electron chi connectivity index (χ4n) is 1.68. The lowest BCUT2D eigenvalue weighted by molar-refractivity contribution is 0.0985. The fourth-order valence-corrected chi connectivity index (χ4v) is 3.25. The van der Waals surface area contributed by atoms with Crippen LogP contribution in [0.4, 0.5) is 0 Å². The molecule has 0 unspecified atom stereocenters. The van der Waals surface area contributed by atoms with Crippen LogP contribution in [0.2, 0.25) is 0 Å². The van der Waals surface area contributed by atoms with Crippen LogP contribution >= 0.6 is 27.3 Å². The van der Waals surface area contributed by atoms with Crippen molar-refractivity contribution in [2.24, 2.45) is 0 Å². The molecule has 0 aliphatic rings. The fraction of sp³-hybridized carbons (Fsp3) is 0.308. The second-order valence-corrected chi connectivity index (χ2v) is 5.75. The van der Waals surface area contributed by atoms with Gasteiger partial charge in [-0.15, -0.1) is 11.3 Å². The van der Waals surface area contributed by atoms with Crippen LogP contribution in [0.1, 0.15) is 29.4 Å². The first-order chi connectivity index (χ1) is 8.15. The summed E-state index contributed by atoms with van der Waals surface area (Å²) in [4.78, 5) is 12.7. The molecule has 2 rings (SSSR count). The molecular weight excluding hydrogens is 300 g/mol. The van der Waals surface area contributed by atoms with E-state index < -0.39 is 0 Å². The number of methoxy groups -OCH3 is 1. The molecule has 17 heavy (non-hydrogen) atoms.